The van der Waals surface area contributed by atoms with Crippen molar-refractivity contribution in [2.75, 3.05) is 28.7 Å². The van der Waals surface area contributed by atoms with Crippen LogP contribution >= 0.6 is 11.8 Å². The molecule has 0 spiro atoms. The van der Waals surface area contributed by atoms with E-state index in [2.05, 4.69) is 15.6 Å². The predicted molar refractivity (Wildman–Crippen MR) is 117 cm³/mol. The number of anilines is 2. The van der Waals surface area contributed by atoms with Gasteiger partial charge in [0.25, 0.3) is 5.91 Å². The van der Waals surface area contributed by atoms with Crippen molar-refractivity contribution >= 4 is 44.0 Å². The Hall–Kier alpha value is -2.52. The summed E-state index contributed by atoms with van der Waals surface area (Å²) in [5.41, 5.74) is 1.93. The summed E-state index contributed by atoms with van der Waals surface area (Å²) in [5.74, 6) is 0.813. The van der Waals surface area contributed by atoms with E-state index in [1.54, 1.807) is 30.3 Å². The summed E-state index contributed by atoms with van der Waals surface area (Å²) in [5, 5.41) is 6.74. The average molecular weight is 432 g/mol. The van der Waals surface area contributed by atoms with Crippen LogP contribution in [0.5, 0.6) is 5.75 Å². The number of ether oxygens (including phenoxy) is 1. The normalized spacial score (nSPS) is 21.9. The number of thioether (sulfide) groups is 1. The number of benzene rings is 2. The molecule has 0 unspecified atom stereocenters. The summed E-state index contributed by atoms with van der Waals surface area (Å²) in [4.78, 5) is 17.1. The van der Waals surface area contributed by atoms with Crippen molar-refractivity contribution < 1.29 is 17.9 Å². The van der Waals surface area contributed by atoms with Crippen molar-refractivity contribution in [2.45, 2.75) is 18.2 Å². The summed E-state index contributed by atoms with van der Waals surface area (Å²) in [6.45, 7) is 2.51. The Morgan fingerprint density at radius 1 is 1.17 bits per heavy atom. The zero-order valence-electron chi connectivity index (χ0n) is 15.8. The van der Waals surface area contributed by atoms with E-state index in [-0.39, 0.29) is 28.7 Å². The van der Waals surface area contributed by atoms with Gasteiger partial charge >= 0.3 is 0 Å². The Kier molecular flexibility index (Phi) is 5.51. The maximum atomic E-state index is 12.6. The second kappa shape index (κ2) is 8.08. The molecule has 4 rings (SSSR count). The van der Waals surface area contributed by atoms with Gasteiger partial charge in [-0.25, -0.2) is 8.42 Å². The summed E-state index contributed by atoms with van der Waals surface area (Å²) in [7, 11) is -2.97. The quantitative estimate of drug-likeness (QED) is 0.755. The number of amides is 1. The molecule has 0 saturated carbocycles. The zero-order chi connectivity index (χ0) is 20.4. The first kappa shape index (κ1) is 19.8. The molecule has 2 aliphatic heterocycles. The van der Waals surface area contributed by atoms with Gasteiger partial charge in [0.1, 0.15) is 5.75 Å². The van der Waals surface area contributed by atoms with Crippen molar-refractivity contribution in [3.05, 3.63) is 54.1 Å². The number of fused-ring (bicyclic) bond motifs is 1. The molecule has 2 aromatic rings. The number of hydrogen-bond acceptors (Lipinski definition) is 7. The summed E-state index contributed by atoms with van der Waals surface area (Å²) < 4.78 is 28.8. The minimum atomic E-state index is -2.97. The lowest BCUT2D eigenvalue weighted by molar-refractivity contribution is 0.102. The molecule has 0 radical (unpaired) electrons. The van der Waals surface area contributed by atoms with Crippen LogP contribution in [0, 0.1) is 0 Å². The first-order valence-electron chi connectivity index (χ1n) is 9.28. The van der Waals surface area contributed by atoms with Crippen LogP contribution in [0.4, 0.5) is 11.4 Å². The standard InChI is InChI=1S/C20H21N3O4S2/c1-2-27-16-8-6-14(7-9-16)21-19(24)13-4-3-5-15(10-13)22-20-23-17-11-29(25,26)12-18(17)28-20/h3-10,17-18H,2,11-12H2,1H3,(H,21,24)(H,22,23)/t17-,18-/m1/s1. The minimum absolute atomic E-state index is 0.0198. The van der Waals surface area contributed by atoms with E-state index in [1.807, 2.05) is 25.1 Å². The molecule has 152 valence electrons. The van der Waals surface area contributed by atoms with Crippen LogP contribution in [-0.4, -0.2) is 48.9 Å². The molecule has 1 saturated heterocycles. The lowest BCUT2D eigenvalue weighted by Gasteiger charge is -2.10. The zero-order valence-corrected chi connectivity index (χ0v) is 17.4. The van der Waals surface area contributed by atoms with E-state index < -0.39 is 9.84 Å². The van der Waals surface area contributed by atoms with Crippen LogP contribution in [0.2, 0.25) is 0 Å². The molecular weight excluding hydrogens is 410 g/mol. The van der Waals surface area contributed by atoms with Crippen molar-refractivity contribution in [1.29, 1.82) is 0 Å². The molecule has 29 heavy (non-hydrogen) atoms. The van der Waals surface area contributed by atoms with Crippen molar-refractivity contribution in [2.24, 2.45) is 4.99 Å². The van der Waals surface area contributed by atoms with Crippen LogP contribution in [0.25, 0.3) is 0 Å². The molecule has 9 heteroatoms. The van der Waals surface area contributed by atoms with Gasteiger partial charge in [-0.15, -0.1) is 0 Å². The van der Waals surface area contributed by atoms with E-state index in [0.29, 0.717) is 23.0 Å². The highest BCUT2D eigenvalue weighted by Gasteiger charge is 2.42. The second-order valence-corrected chi connectivity index (χ2v) is 10.2. The summed E-state index contributed by atoms with van der Waals surface area (Å²) >= 11 is 1.45. The second-order valence-electron chi connectivity index (χ2n) is 6.85. The van der Waals surface area contributed by atoms with Gasteiger partial charge in [0.15, 0.2) is 15.0 Å². The highest BCUT2D eigenvalue weighted by atomic mass is 32.2. The molecule has 2 aromatic carbocycles. The summed E-state index contributed by atoms with van der Waals surface area (Å²) in [6.07, 6.45) is 0. The Balaban J connectivity index is 1.40. The number of aliphatic imine (C=N–C) groups is 1. The maximum Gasteiger partial charge on any atom is 0.255 e. The SMILES string of the molecule is CCOc1ccc(NC(=O)c2cccc(NC3=N[C@@H]4CS(=O)(=O)C[C@H]4S3)c2)cc1. The van der Waals surface area contributed by atoms with Gasteiger partial charge in [0.2, 0.25) is 0 Å². The molecule has 0 bridgehead atoms. The highest BCUT2D eigenvalue weighted by molar-refractivity contribution is 8.15. The highest BCUT2D eigenvalue weighted by Crippen LogP contribution is 2.34. The van der Waals surface area contributed by atoms with Crippen molar-refractivity contribution in [3.8, 4) is 5.75 Å². The van der Waals surface area contributed by atoms with Crippen LogP contribution in [0.3, 0.4) is 0 Å². The molecule has 2 atom stereocenters. The smallest absolute Gasteiger partial charge is 0.255 e. The predicted octanol–water partition coefficient (Wildman–Crippen LogP) is 3.02. The molecule has 2 heterocycles. The average Bonchev–Trinajstić information content (AvgIpc) is 3.16. The third kappa shape index (κ3) is 4.73. The van der Waals surface area contributed by atoms with Crippen LogP contribution in [0.1, 0.15) is 17.3 Å². The fraction of sp³-hybridized carbons (Fsp3) is 0.300. The monoisotopic (exact) mass is 431 g/mol. The summed E-state index contributed by atoms with van der Waals surface area (Å²) in [6, 6.07) is 14.1. The number of sulfone groups is 1. The van der Waals surface area contributed by atoms with Gasteiger partial charge in [-0.1, -0.05) is 17.8 Å². The molecule has 1 fully saturated rings. The molecule has 1 amide bonds. The number of nitrogens with one attached hydrogen (secondary N) is 2. The number of hydrogen-bond donors (Lipinski definition) is 2. The largest absolute Gasteiger partial charge is 0.494 e. The molecule has 0 aliphatic carbocycles. The fourth-order valence-electron chi connectivity index (χ4n) is 3.28. The van der Waals surface area contributed by atoms with Gasteiger partial charge in [-0.05, 0) is 49.4 Å². The van der Waals surface area contributed by atoms with Gasteiger partial charge in [0, 0.05) is 22.2 Å². The van der Waals surface area contributed by atoms with Gasteiger partial charge in [0.05, 0.1) is 24.2 Å². The molecule has 0 aromatic heterocycles. The molecule has 2 aliphatic rings. The van der Waals surface area contributed by atoms with Crippen molar-refractivity contribution in [3.63, 3.8) is 0 Å². The number of nitrogens with zero attached hydrogens (tertiary/aromatic N) is 1. The number of rotatable bonds is 5. The van der Waals surface area contributed by atoms with Gasteiger partial charge in [-0.2, -0.15) is 0 Å². The van der Waals surface area contributed by atoms with E-state index >= 15 is 0 Å². The number of carbonyl (C=O) groups excluding carboxylic acids is 1. The van der Waals surface area contributed by atoms with Crippen LogP contribution in [0.15, 0.2) is 53.5 Å². The van der Waals surface area contributed by atoms with E-state index in [4.69, 9.17) is 4.74 Å². The lowest BCUT2D eigenvalue weighted by atomic mass is 10.2. The molecule has 2 N–H and O–H groups in total. The minimum Gasteiger partial charge on any atom is -0.494 e. The maximum absolute atomic E-state index is 12.6. The van der Waals surface area contributed by atoms with E-state index in [9.17, 15) is 13.2 Å². The number of carbonyl (C=O) groups is 1. The lowest BCUT2D eigenvalue weighted by Crippen LogP contribution is -2.14. The topological polar surface area (TPSA) is 96.9 Å². The van der Waals surface area contributed by atoms with Crippen LogP contribution in [-0.2, 0) is 9.84 Å². The van der Waals surface area contributed by atoms with Crippen LogP contribution < -0.4 is 15.4 Å². The van der Waals surface area contributed by atoms with Gasteiger partial charge < -0.3 is 15.4 Å². The molecular formula is C20H21N3O4S2. The third-order valence-corrected chi connectivity index (χ3v) is 7.76. The van der Waals surface area contributed by atoms with E-state index in [0.717, 1.165) is 11.4 Å². The Labute approximate surface area is 173 Å². The number of amidine groups is 1. The third-order valence-electron chi connectivity index (χ3n) is 4.62. The Morgan fingerprint density at radius 2 is 1.97 bits per heavy atom. The van der Waals surface area contributed by atoms with E-state index in [1.165, 1.54) is 11.8 Å². The molecule has 7 nitrogen and oxygen atoms in total. The fourth-order valence-corrected chi connectivity index (χ4v) is 6.96. The Bertz CT molecular complexity index is 1050. The first-order chi connectivity index (χ1) is 13.9. The van der Waals surface area contributed by atoms with Gasteiger partial charge in [-0.3, -0.25) is 9.79 Å². The first-order valence-corrected chi connectivity index (χ1v) is 12.0. The van der Waals surface area contributed by atoms with Crippen molar-refractivity contribution in [1.82, 2.24) is 0 Å². The Morgan fingerprint density at radius 3 is 2.69 bits per heavy atom.